The number of amides is 4. The first-order valence-corrected chi connectivity index (χ1v) is 41.2. The second-order valence-corrected chi connectivity index (χ2v) is 29.5. The monoisotopic (exact) mass is 1730 g/mol. The number of nitrogen functional groups attached to an aromatic ring is 4. The van der Waals surface area contributed by atoms with E-state index in [1.807, 2.05) is 243 Å². The van der Waals surface area contributed by atoms with Crippen LogP contribution in [0.2, 0.25) is 0 Å². The number of rotatable bonds is 19. The van der Waals surface area contributed by atoms with Gasteiger partial charge in [0.25, 0.3) is 5.91 Å². The molecule has 32 heteroatoms. The number of carbonyl (C=O) groups is 4. The zero-order valence-corrected chi connectivity index (χ0v) is 70.5. The summed E-state index contributed by atoms with van der Waals surface area (Å²) >= 11 is 0. The summed E-state index contributed by atoms with van der Waals surface area (Å²) in [7, 11) is 0. The summed E-state index contributed by atoms with van der Waals surface area (Å²) in [6.07, 6.45) is 29.0. The molecule has 131 heavy (non-hydrogen) atoms. The highest BCUT2D eigenvalue weighted by atomic mass is 16.5. The number of allylic oxidation sites excluding steroid dienone is 6. The van der Waals surface area contributed by atoms with Crippen LogP contribution in [0.3, 0.4) is 0 Å². The van der Waals surface area contributed by atoms with Gasteiger partial charge in [-0.15, -0.1) is 0 Å². The number of anilines is 4. The maximum atomic E-state index is 12.1. The van der Waals surface area contributed by atoms with Crippen LogP contribution in [0, 0.1) is 0 Å². The van der Waals surface area contributed by atoms with Crippen LogP contribution in [-0.2, 0) is 19.2 Å². The second-order valence-electron chi connectivity index (χ2n) is 29.5. The highest BCUT2D eigenvalue weighted by molar-refractivity contribution is 6.04. The van der Waals surface area contributed by atoms with E-state index >= 15 is 0 Å². The fraction of sp³-hybridized carbons (Fsp3) is 0.0707. The van der Waals surface area contributed by atoms with Gasteiger partial charge in [0.05, 0.1) is 57.4 Å². The maximum Gasteiger partial charge on any atom is 0.254 e. The first-order chi connectivity index (χ1) is 64.0. The van der Waals surface area contributed by atoms with E-state index in [9.17, 15) is 19.2 Å². The summed E-state index contributed by atoms with van der Waals surface area (Å²) in [6, 6.07) is 68.7. The molecule has 4 amide bonds. The lowest BCUT2D eigenvalue weighted by Crippen LogP contribution is -2.34. The molecule has 0 radical (unpaired) electrons. The molecule has 8 aromatic heterocycles. The Morgan fingerprint density at radius 1 is 0.374 bits per heavy atom. The summed E-state index contributed by atoms with van der Waals surface area (Å²) in [5.74, 6) is 6.63. The lowest BCUT2D eigenvalue weighted by molar-refractivity contribution is -0.128. The number of para-hydroxylation sites is 4. The van der Waals surface area contributed by atoms with E-state index in [4.69, 9.17) is 62.3 Å². The van der Waals surface area contributed by atoms with Gasteiger partial charge in [0.1, 0.15) is 117 Å². The molecule has 0 aliphatic carbocycles. The Labute approximate surface area is 749 Å². The van der Waals surface area contributed by atoms with Crippen molar-refractivity contribution in [1.29, 1.82) is 0 Å². The molecule has 0 fully saturated rings. The van der Waals surface area contributed by atoms with Crippen molar-refractivity contribution in [3.05, 3.63) is 343 Å². The lowest BCUT2D eigenvalue weighted by atomic mass is 10.1. The molecular weight excluding hydrogens is 1650 g/mol. The molecule has 8 aromatic carbocycles. The summed E-state index contributed by atoms with van der Waals surface area (Å²) < 4.78 is 30.4. The number of aromatic nitrogens is 16. The standard InChI is InChI=1S/3C25H20N6O2.C24H22N6O2/c3*1-2-21(32)30-14-6-7-18(15-30)31-25-22(24(26)27-16-28-25)23(29-31)17-10-12-20(13-11-17)33-19-8-4-3-5-9-19;1-16(31)29-13-5-6-18(14-29)30-24-21(23(25)26-15-27-24)22(28-30)17-9-11-20(12-10-17)32-19-7-3-2-4-8-19/h2-6,8-16H,1,7H2,(H2,26,27,28);2-13,15-16H,1,14H2,(H2,26,27,28);2-14,16H,1,15H2,(H2,26,27,28);2-4,6-12,15H,5,13-14H2,1H3,(H2,25,26,27). The molecule has 20 rings (SSSR count). The number of hydrogen-bond acceptors (Lipinski definition) is 24. The van der Waals surface area contributed by atoms with Crippen LogP contribution in [0.15, 0.2) is 343 Å². The normalized spacial score (nSPS) is 13.3. The van der Waals surface area contributed by atoms with Gasteiger partial charge >= 0.3 is 0 Å². The average Bonchev–Trinajstić information content (AvgIpc) is 1.63. The SMILES string of the molecule is C=CC(=O)N1C=C(n2nc(-c3ccc(Oc4ccccc4)cc3)c3c(N)ncnc32)C=CC1.C=CC(=O)N1C=CC=C(n2nc(-c3ccc(Oc4ccccc4)cc3)c3c(N)ncnc32)C1.C=CC(=O)N1C=CCC(n2nc(-c3ccc(Oc4ccccc4)cc3)c3c(N)ncnc32)=C1.CC(=O)N1CCC=C(n2nc(-c3ccc(Oc4ccccc4)cc3)c3c(N)ncnc32)C1. The van der Waals surface area contributed by atoms with Crippen molar-refractivity contribution in [2.75, 3.05) is 49.1 Å². The van der Waals surface area contributed by atoms with E-state index in [-0.39, 0.29) is 23.6 Å². The number of nitrogens with zero attached hydrogens (tertiary/aromatic N) is 20. The van der Waals surface area contributed by atoms with Gasteiger partial charge < -0.3 is 56.6 Å². The number of carbonyl (C=O) groups excluding carboxylic acids is 4. The number of ether oxygens (including phenoxy) is 4. The number of benzene rings is 8. The maximum absolute atomic E-state index is 12.1. The summed E-state index contributed by atoms with van der Waals surface area (Å²) in [6.45, 7) is 14.2. The Bertz CT molecular complexity index is 7250. The minimum atomic E-state index is -0.233. The zero-order chi connectivity index (χ0) is 90.4. The molecule has 4 aliphatic rings. The van der Waals surface area contributed by atoms with Crippen LogP contribution in [0.5, 0.6) is 46.0 Å². The lowest BCUT2D eigenvalue weighted by Gasteiger charge is -2.26. The third-order valence-electron chi connectivity index (χ3n) is 21.0. The van der Waals surface area contributed by atoms with Crippen LogP contribution in [-0.4, -0.2) is 148 Å². The van der Waals surface area contributed by atoms with E-state index < -0.39 is 0 Å². The Hall–Kier alpha value is -18.4. The van der Waals surface area contributed by atoms with E-state index in [0.29, 0.717) is 146 Å². The first-order valence-electron chi connectivity index (χ1n) is 41.2. The van der Waals surface area contributed by atoms with Gasteiger partial charge in [0.15, 0.2) is 22.6 Å². The van der Waals surface area contributed by atoms with Crippen molar-refractivity contribution in [2.45, 2.75) is 19.8 Å². The van der Waals surface area contributed by atoms with Gasteiger partial charge in [0.2, 0.25) is 17.7 Å². The molecule has 0 saturated carbocycles. The molecule has 0 saturated heterocycles. The van der Waals surface area contributed by atoms with Gasteiger partial charge in [-0.25, -0.2) is 58.6 Å². The van der Waals surface area contributed by atoms with Crippen molar-refractivity contribution >= 4 is 114 Å². The molecule has 0 unspecified atom stereocenters. The molecule has 12 heterocycles. The molecule has 646 valence electrons. The van der Waals surface area contributed by atoms with Crippen molar-refractivity contribution in [2.24, 2.45) is 0 Å². The van der Waals surface area contributed by atoms with Crippen LogP contribution in [0.1, 0.15) is 19.8 Å². The van der Waals surface area contributed by atoms with E-state index in [0.717, 1.165) is 74.5 Å². The predicted octanol–water partition coefficient (Wildman–Crippen LogP) is 17.1. The molecule has 0 spiro atoms. The average molecular weight is 1740 g/mol. The Morgan fingerprint density at radius 3 is 1.11 bits per heavy atom. The van der Waals surface area contributed by atoms with Crippen molar-refractivity contribution in [3.8, 4) is 91.0 Å². The molecule has 32 nitrogen and oxygen atoms in total. The van der Waals surface area contributed by atoms with Gasteiger partial charge in [-0.1, -0.05) is 111 Å². The fourth-order valence-corrected chi connectivity index (χ4v) is 14.7. The molecule has 0 atom stereocenters. The van der Waals surface area contributed by atoms with Gasteiger partial charge in [-0.2, -0.15) is 20.4 Å². The van der Waals surface area contributed by atoms with Gasteiger partial charge in [-0.05, 0) is 188 Å². The zero-order valence-electron chi connectivity index (χ0n) is 70.5. The van der Waals surface area contributed by atoms with Gasteiger partial charge in [0, 0.05) is 73.5 Å². The number of nitrogens with two attached hydrogens (primary N) is 4. The Balaban J connectivity index is 0.000000122. The second kappa shape index (κ2) is 38.4. The van der Waals surface area contributed by atoms with Crippen LogP contribution in [0.25, 0.3) is 112 Å². The molecular formula is C99H82N24O8. The van der Waals surface area contributed by atoms with Crippen molar-refractivity contribution < 1.29 is 38.1 Å². The smallest absolute Gasteiger partial charge is 0.254 e. The van der Waals surface area contributed by atoms with E-state index in [1.165, 1.54) is 48.4 Å². The summed E-state index contributed by atoms with van der Waals surface area (Å²) in [4.78, 5) is 88.9. The van der Waals surface area contributed by atoms with Crippen LogP contribution in [0.4, 0.5) is 23.3 Å². The molecule has 16 aromatic rings. The minimum absolute atomic E-state index is 0.0374. The summed E-state index contributed by atoms with van der Waals surface area (Å²) in [5, 5.41) is 21.8. The first kappa shape index (κ1) is 84.8. The van der Waals surface area contributed by atoms with E-state index in [1.54, 1.807) is 71.2 Å². The summed E-state index contributed by atoms with van der Waals surface area (Å²) in [5.41, 5.74) is 36.3. The molecule has 8 N–H and O–H groups in total. The third kappa shape index (κ3) is 18.7. The quantitative estimate of drug-likeness (QED) is 0.0546. The number of hydrogen-bond donors (Lipinski definition) is 4. The van der Waals surface area contributed by atoms with Crippen LogP contribution >= 0.6 is 0 Å². The topological polar surface area (TPSA) is 397 Å². The Kier molecular flexibility index (Phi) is 24.9. The highest BCUT2D eigenvalue weighted by Gasteiger charge is 2.28. The molecule has 0 bridgehead atoms. The fourth-order valence-electron chi connectivity index (χ4n) is 14.7. The number of fused-ring (bicyclic) bond motifs is 4. The predicted molar refractivity (Wildman–Crippen MR) is 504 cm³/mol. The van der Waals surface area contributed by atoms with Crippen LogP contribution < -0.4 is 41.9 Å². The van der Waals surface area contributed by atoms with Crippen molar-refractivity contribution in [1.82, 2.24) is 98.6 Å². The largest absolute Gasteiger partial charge is 0.457 e. The minimum Gasteiger partial charge on any atom is -0.457 e. The molecule has 4 aliphatic heterocycles. The third-order valence-corrected chi connectivity index (χ3v) is 21.0. The van der Waals surface area contributed by atoms with E-state index in [2.05, 4.69) is 65.7 Å². The Morgan fingerprint density at radius 2 is 0.725 bits per heavy atom. The van der Waals surface area contributed by atoms with Crippen molar-refractivity contribution in [3.63, 3.8) is 0 Å². The van der Waals surface area contributed by atoms with Gasteiger partial charge in [-0.3, -0.25) is 24.1 Å². The highest BCUT2D eigenvalue weighted by Crippen LogP contribution is 2.40.